The average Bonchev–Trinajstić information content (AvgIpc) is 3.01. The number of hydrogen-bond acceptors (Lipinski definition) is 5. The predicted octanol–water partition coefficient (Wildman–Crippen LogP) is 3.77. The maximum absolute atomic E-state index is 13.5. The summed E-state index contributed by atoms with van der Waals surface area (Å²) in [6.07, 6.45) is 0.909. The Labute approximate surface area is 154 Å². The van der Waals surface area contributed by atoms with E-state index in [0.29, 0.717) is 27.3 Å². The van der Waals surface area contributed by atoms with E-state index in [-0.39, 0.29) is 11.7 Å². The summed E-state index contributed by atoms with van der Waals surface area (Å²) in [5, 5.41) is 4.16. The lowest BCUT2D eigenvalue weighted by atomic mass is 10.1. The maximum Gasteiger partial charge on any atom is 0.258 e. The van der Waals surface area contributed by atoms with E-state index in [1.54, 1.807) is 19.1 Å². The molecule has 1 aromatic carbocycles. The summed E-state index contributed by atoms with van der Waals surface area (Å²) in [7, 11) is 0. The minimum absolute atomic E-state index is 0.245. The van der Waals surface area contributed by atoms with Gasteiger partial charge in [0.2, 0.25) is 0 Å². The van der Waals surface area contributed by atoms with Gasteiger partial charge in [-0.15, -0.1) is 11.3 Å². The Morgan fingerprint density at radius 1 is 1.35 bits per heavy atom. The summed E-state index contributed by atoms with van der Waals surface area (Å²) in [5.41, 5.74) is 2.71. The Morgan fingerprint density at radius 2 is 2.19 bits per heavy atom. The second kappa shape index (κ2) is 6.74. The molecule has 2 aromatic heterocycles. The molecule has 1 aliphatic heterocycles. The summed E-state index contributed by atoms with van der Waals surface area (Å²) in [5.74, 6) is -0.611. The van der Waals surface area contributed by atoms with Gasteiger partial charge in [0, 0.05) is 41.5 Å². The highest BCUT2D eigenvalue weighted by Gasteiger charge is 2.21. The van der Waals surface area contributed by atoms with E-state index < -0.39 is 0 Å². The standard InChI is InChI=1S/C19H19FN4OS/c1-3-24-7-6-15-17(10-24)26-19(22-15)23-18(25)14-8-11(2)21-16-9-12(20)4-5-13(14)16/h4-5,8-9H,3,6-7,10H2,1-2H3,(H,22,23,25). The Kier molecular flexibility index (Phi) is 4.42. The summed E-state index contributed by atoms with van der Waals surface area (Å²) in [6, 6.07) is 6.01. The molecule has 1 N–H and O–H groups in total. The molecule has 0 unspecified atom stereocenters. The third-order valence-electron chi connectivity index (χ3n) is 4.62. The third kappa shape index (κ3) is 3.20. The van der Waals surface area contributed by atoms with Crippen molar-refractivity contribution in [1.29, 1.82) is 0 Å². The molecule has 0 atom stereocenters. The summed E-state index contributed by atoms with van der Waals surface area (Å²) < 4.78 is 13.5. The van der Waals surface area contributed by atoms with Crippen molar-refractivity contribution in [3.63, 3.8) is 0 Å². The normalized spacial score (nSPS) is 14.4. The van der Waals surface area contributed by atoms with Crippen LogP contribution in [-0.2, 0) is 13.0 Å². The number of nitrogens with one attached hydrogen (secondary N) is 1. The van der Waals surface area contributed by atoms with E-state index >= 15 is 0 Å². The van der Waals surface area contributed by atoms with Crippen molar-refractivity contribution in [3.05, 3.63) is 51.9 Å². The van der Waals surface area contributed by atoms with Crippen molar-refractivity contribution in [2.45, 2.75) is 26.8 Å². The molecule has 0 aliphatic carbocycles. The first-order valence-corrected chi connectivity index (χ1v) is 9.44. The van der Waals surface area contributed by atoms with Crippen molar-refractivity contribution in [3.8, 4) is 0 Å². The van der Waals surface area contributed by atoms with E-state index in [1.807, 2.05) is 0 Å². The smallest absolute Gasteiger partial charge is 0.258 e. The number of halogens is 1. The molecule has 4 rings (SSSR count). The summed E-state index contributed by atoms with van der Waals surface area (Å²) >= 11 is 1.53. The summed E-state index contributed by atoms with van der Waals surface area (Å²) in [4.78, 5) is 25.3. The molecule has 0 radical (unpaired) electrons. The molecule has 5 nitrogen and oxygen atoms in total. The highest BCUT2D eigenvalue weighted by molar-refractivity contribution is 7.15. The van der Waals surface area contributed by atoms with Crippen LogP contribution in [0.2, 0.25) is 0 Å². The van der Waals surface area contributed by atoms with E-state index in [1.165, 1.54) is 28.3 Å². The molecule has 0 saturated carbocycles. The van der Waals surface area contributed by atoms with Crippen LogP contribution in [0.1, 0.15) is 33.5 Å². The zero-order valence-corrected chi connectivity index (χ0v) is 15.5. The van der Waals surface area contributed by atoms with Crippen LogP contribution in [0.3, 0.4) is 0 Å². The number of rotatable bonds is 3. The quantitative estimate of drug-likeness (QED) is 0.762. The first kappa shape index (κ1) is 17.1. The van der Waals surface area contributed by atoms with Gasteiger partial charge >= 0.3 is 0 Å². The van der Waals surface area contributed by atoms with Gasteiger partial charge in [0.15, 0.2) is 5.13 Å². The van der Waals surface area contributed by atoms with Crippen molar-refractivity contribution in [2.24, 2.45) is 0 Å². The number of hydrogen-bond donors (Lipinski definition) is 1. The van der Waals surface area contributed by atoms with Gasteiger partial charge in [0.25, 0.3) is 5.91 Å². The number of benzene rings is 1. The van der Waals surface area contributed by atoms with Crippen LogP contribution in [-0.4, -0.2) is 33.9 Å². The van der Waals surface area contributed by atoms with Crippen LogP contribution in [0.4, 0.5) is 9.52 Å². The number of thiazole rings is 1. The lowest BCUT2D eigenvalue weighted by Gasteiger charge is -2.23. The largest absolute Gasteiger partial charge is 0.298 e. The minimum Gasteiger partial charge on any atom is -0.298 e. The molecule has 134 valence electrons. The topological polar surface area (TPSA) is 58.1 Å². The number of amides is 1. The van der Waals surface area contributed by atoms with E-state index in [0.717, 1.165) is 31.7 Å². The molecule has 1 amide bonds. The van der Waals surface area contributed by atoms with E-state index in [2.05, 4.69) is 27.1 Å². The zero-order valence-electron chi connectivity index (χ0n) is 14.7. The van der Waals surface area contributed by atoms with Gasteiger partial charge in [-0.2, -0.15) is 0 Å². The Balaban J connectivity index is 1.63. The van der Waals surface area contributed by atoms with Crippen molar-refractivity contribution < 1.29 is 9.18 Å². The molecule has 1 aliphatic rings. The monoisotopic (exact) mass is 370 g/mol. The molecule has 0 saturated heterocycles. The van der Waals surface area contributed by atoms with Gasteiger partial charge in [0.05, 0.1) is 16.8 Å². The summed E-state index contributed by atoms with van der Waals surface area (Å²) in [6.45, 7) is 6.84. The van der Waals surface area contributed by atoms with Gasteiger partial charge in [0.1, 0.15) is 5.82 Å². The van der Waals surface area contributed by atoms with Crippen LogP contribution in [0.5, 0.6) is 0 Å². The fourth-order valence-electron chi connectivity index (χ4n) is 3.26. The Hall–Kier alpha value is -2.38. The van der Waals surface area contributed by atoms with Crippen LogP contribution >= 0.6 is 11.3 Å². The fraction of sp³-hybridized carbons (Fsp3) is 0.316. The molecule has 0 bridgehead atoms. The SMILES string of the molecule is CCN1CCc2nc(NC(=O)c3cc(C)nc4cc(F)ccc34)sc2C1. The van der Waals surface area contributed by atoms with Crippen molar-refractivity contribution in [1.82, 2.24) is 14.9 Å². The average molecular weight is 370 g/mol. The van der Waals surface area contributed by atoms with Crippen molar-refractivity contribution >= 4 is 33.3 Å². The number of likely N-dealkylation sites (N-methyl/N-ethyl adjacent to an activating group) is 1. The first-order chi connectivity index (χ1) is 12.5. The number of fused-ring (bicyclic) bond motifs is 2. The fourth-order valence-corrected chi connectivity index (χ4v) is 4.30. The Morgan fingerprint density at radius 3 is 3.00 bits per heavy atom. The van der Waals surface area contributed by atoms with Gasteiger partial charge in [-0.25, -0.2) is 9.37 Å². The van der Waals surface area contributed by atoms with Crippen LogP contribution in [0.25, 0.3) is 10.9 Å². The van der Waals surface area contributed by atoms with E-state index in [9.17, 15) is 9.18 Å². The maximum atomic E-state index is 13.5. The number of nitrogens with zero attached hydrogens (tertiary/aromatic N) is 3. The van der Waals surface area contributed by atoms with Gasteiger partial charge in [-0.3, -0.25) is 20.0 Å². The van der Waals surface area contributed by atoms with Crippen LogP contribution in [0, 0.1) is 12.7 Å². The van der Waals surface area contributed by atoms with E-state index in [4.69, 9.17) is 0 Å². The van der Waals surface area contributed by atoms with Gasteiger partial charge in [-0.05, 0) is 31.7 Å². The zero-order chi connectivity index (χ0) is 18.3. The molecule has 3 heterocycles. The van der Waals surface area contributed by atoms with Gasteiger partial charge < -0.3 is 0 Å². The molecular formula is C19H19FN4OS. The highest BCUT2D eigenvalue weighted by atomic mass is 32.1. The lowest BCUT2D eigenvalue weighted by Crippen LogP contribution is -2.29. The molecule has 3 aromatic rings. The first-order valence-electron chi connectivity index (χ1n) is 8.62. The minimum atomic E-state index is -0.366. The molecule has 0 fully saturated rings. The molecule has 7 heteroatoms. The predicted molar refractivity (Wildman–Crippen MR) is 101 cm³/mol. The number of pyridine rings is 1. The number of carbonyl (C=O) groups is 1. The number of aromatic nitrogens is 2. The molecular weight excluding hydrogens is 351 g/mol. The van der Waals surface area contributed by atoms with Gasteiger partial charge in [-0.1, -0.05) is 6.92 Å². The second-order valence-corrected chi connectivity index (χ2v) is 7.52. The second-order valence-electron chi connectivity index (χ2n) is 6.43. The van der Waals surface area contributed by atoms with Crippen LogP contribution < -0.4 is 5.32 Å². The third-order valence-corrected chi connectivity index (χ3v) is 5.62. The molecule has 0 spiro atoms. The number of carbonyl (C=O) groups excluding carboxylic acids is 1. The Bertz CT molecular complexity index is 995. The highest BCUT2D eigenvalue weighted by Crippen LogP contribution is 2.29. The number of anilines is 1. The lowest BCUT2D eigenvalue weighted by molar-refractivity contribution is 0.102. The van der Waals surface area contributed by atoms with Crippen LogP contribution in [0.15, 0.2) is 24.3 Å². The van der Waals surface area contributed by atoms with Crippen molar-refractivity contribution in [2.75, 3.05) is 18.4 Å². The number of aryl methyl sites for hydroxylation is 1. The molecule has 26 heavy (non-hydrogen) atoms.